The van der Waals surface area contributed by atoms with Crippen LogP contribution in [0.25, 0.3) is 10.9 Å². The molecule has 1 N–H and O–H groups in total. The van der Waals surface area contributed by atoms with Crippen molar-refractivity contribution in [2.45, 2.75) is 6.92 Å². The van der Waals surface area contributed by atoms with Crippen LogP contribution in [0.4, 0.5) is 0 Å². The van der Waals surface area contributed by atoms with E-state index in [1.165, 1.54) is 6.07 Å². The van der Waals surface area contributed by atoms with Gasteiger partial charge in [-0.15, -0.1) is 0 Å². The highest BCUT2D eigenvalue weighted by Crippen LogP contribution is 2.18. The zero-order chi connectivity index (χ0) is 10.3. The number of hydrogen-bond acceptors (Lipinski definition) is 3. The summed E-state index contributed by atoms with van der Waals surface area (Å²) in [7, 11) is 0. The van der Waals surface area contributed by atoms with Crippen LogP contribution >= 0.6 is 11.6 Å². The van der Waals surface area contributed by atoms with Crippen LogP contribution in [-0.4, -0.2) is 4.98 Å². The molecule has 2 rings (SSSR count). The summed E-state index contributed by atoms with van der Waals surface area (Å²) >= 11 is 5.77. The molecule has 0 aliphatic carbocycles. The molecule has 0 saturated carbocycles. The van der Waals surface area contributed by atoms with E-state index in [1.807, 2.05) is 0 Å². The van der Waals surface area contributed by atoms with Crippen LogP contribution in [0.2, 0.25) is 5.02 Å². The van der Waals surface area contributed by atoms with Crippen LogP contribution in [0.3, 0.4) is 0 Å². The van der Waals surface area contributed by atoms with Gasteiger partial charge < -0.3 is 4.42 Å². The first kappa shape index (κ1) is 9.02. The maximum Gasteiger partial charge on any atom is 0.419 e. The number of halogens is 1. The number of benzene rings is 1. The zero-order valence-electron chi connectivity index (χ0n) is 7.26. The van der Waals surface area contributed by atoms with Crippen LogP contribution < -0.4 is 11.4 Å². The molecule has 0 atom stereocenters. The summed E-state index contributed by atoms with van der Waals surface area (Å²) in [5, 5.41) is 0.824. The first-order valence-corrected chi connectivity index (χ1v) is 4.29. The fourth-order valence-corrected chi connectivity index (χ4v) is 1.66. The van der Waals surface area contributed by atoms with E-state index in [0.717, 1.165) is 0 Å². The summed E-state index contributed by atoms with van der Waals surface area (Å²) in [4.78, 5) is 24.6. The highest BCUT2D eigenvalue weighted by Gasteiger charge is 2.06. The number of aromatic nitrogens is 1. The van der Waals surface area contributed by atoms with Gasteiger partial charge in [-0.05, 0) is 24.6 Å². The van der Waals surface area contributed by atoms with Gasteiger partial charge in [0.2, 0.25) is 0 Å². The molecule has 0 amide bonds. The molecule has 4 nitrogen and oxygen atoms in total. The molecule has 14 heavy (non-hydrogen) atoms. The molecule has 72 valence electrons. The van der Waals surface area contributed by atoms with E-state index in [9.17, 15) is 9.59 Å². The monoisotopic (exact) mass is 211 g/mol. The molecule has 0 unspecified atom stereocenters. The average Bonchev–Trinajstić information content (AvgIpc) is 1.99. The van der Waals surface area contributed by atoms with Crippen molar-refractivity contribution in [3.8, 4) is 0 Å². The van der Waals surface area contributed by atoms with Crippen molar-refractivity contribution in [2.75, 3.05) is 0 Å². The molecule has 2 aromatic rings. The number of nitrogens with one attached hydrogen (secondary N) is 1. The van der Waals surface area contributed by atoms with E-state index in [-0.39, 0.29) is 0 Å². The number of fused-ring (bicyclic) bond motifs is 1. The number of rotatable bonds is 0. The molecule has 0 bridgehead atoms. The minimum Gasteiger partial charge on any atom is -0.372 e. The molecular weight excluding hydrogens is 206 g/mol. The lowest BCUT2D eigenvalue weighted by Gasteiger charge is -1.99. The van der Waals surface area contributed by atoms with Crippen molar-refractivity contribution in [3.05, 3.63) is 43.7 Å². The van der Waals surface area contributed by atoms with E-state index < -0.39 is 11.4 Å². The number of aryl methyl sites for hydroxylation is 1. The molecular formula is C9H6ClNO3. The van der Waals surface area contributed by atoms with Crippen LogP contribution in [-0.2, 0) is 0 Å². The maximum absolute atomic E-state index is 11.3. The summed E-state index contributed by atoms with van der Waals surface area (Å²) in [5.74, 6) is -0.774. The second-order valence-electron chi connectivity index (χ2n) is 2.95. The van der Waals surface area contributed by atoms with Crippen LogP contribution in [0.15, 0.2) is 26.1 Å². The number of hydrogen-bond donors (Lipinski definition) is 1. The Morgan fingerprint density at radius 3 is 2.79 bits per heavy atom. The SMILES string of the molecule is Cc1cc(Cl)cc2[nH]c(=O)oc(=O)c12. The summed E-state index contributed by atoms with van der Waals surface area (Å²) in [5.41, 5.74) is 0.437. The largest absolute Gasteiger partial charge is 0.419 e. The average molecular weight is 212 g/mol. The van der Waals surface area contributed by atoms with Crippen LogP contribution in [0, 0.1) is 6.92 Å². The molecule has 0 aliphatic rings. The van der Waals surface area contributed by atoms with Crippen molar-refractivity contribution in [2.24, 2.45) is 0 Å². The van der Waals surface area contributed by atoms with Gasteiger partial charge in [-0.25, -0.2) is 9.59 Å². The minimum absolute atomic E-state index is 0.356. The summed E-state index contributed by atoms with van der Waals surface area (Å²) in [6, 6.07) is 3.15. The topological polar surface area (TPSA) is 63.1 Å². The highest BCUT2D eigenvalue weighted by molar-refractivity contribution is 6.31. The molecule has 0 radical (unpaired) electrons. The predicted molar refractivity (Wildman–Crippen MR) is 52.9 cm³/mol. The molecule has 1 aromatic carbocycles. The molecule has 1 aromatic heterocycles. The molecule has 5 heteroatoms. The fraction of sp³-hybridized carbons (Fsp3) is 0.111. The third-order valence-corrected chi connectivity index (χ3v) is 2.14. The van der Waals surface area contributed by atoms with Gasteiger partial charge in [-0.3, -0.25) is 4.98 Å². The van der Waals surface area contributed by atoms with Gasteiger partial charge in [0.25, 0.3) is 0 Å². The van der Waals surface area contributed by atoms with Crippen molar-refractivity contribution >= 4 is 22.5 Å². The van der Waals surface area contributed by atoms with Gasteiger partial charge >= 0.3 is 11.4 Å². The van der Waals surface area contributed by atoms with E-state index in [2.05, 4.69) is 9.40 Å². The molecule has 0 fully saturated rings. The lowest BCUT2D eigenvalue weighted by molar-refractivity contribution is 0.460. The Hall–Kier alpha value is -1.55. The maximum atomic E-state index is 11.3. The lowest BCUT2D eigenvalue weighted by Crippen LogP contribution is -2.15. The number of aromatic amines is 1. The Labute approximate surface area is 83.1 Å². The highest BCUT2D eigenvalue weighted by atomic mass is 35.5. The first-order chi connectivity index (χ1) is 6.58. The fourth-order valence-electron chi connectivity index (χ4n) is 1.38. The van der Waals surface area contributed by atoms with Crippen molar-refractivity contribution < 1.29 is 4.42 Å². The summed E-state index contributed by atoms with van der Waals surface area (Å²) in [6.07, 6.45) is 0. The quantitative estimate of drug-likeness (QED) is 0.717. The molecule has 1 heterocycles. The Morgan fingerprint density at radius 2 is 2.07 bits per heavy atom. The summed E-state index contributed by atoms with van der Waals surface area (Å²) < 4.78 is 4.40. The van der Waals surface area contributed by atoms with Gasteiger partial charge in [0.1, 0.15) is 0 Å². The Morgan fingerprint density at radius 1 is 1.36 bits per heavy atom. The second-order valence-corrected chi connectivity index (χ2v) is 3.38. The van der Waals surface area contributed by atoms with E-state index >= 15 is 0 Å². The van der Waals surface area contributed by atoms with Gasteiger partial charge in [0.15, 0.2) is 0 Å². The van der Waals surface area contributed by atoms with E-state index in [0.29, 0.717) is 21.5 Å². The van der Waals surface area contributed by atoms with E-state index in [4.69, 9.17) is 11.6 Å². The first-order valence-electron chi connectivity index (χ1n) is 3.91. The zero-order valence-corrected chi connectivity index (χ0v) is 8.01. The van der Waals surface area contributed by atoms with Gasteiger partial charge in [-0.1, -0.05) is 11.6 Å². The van der Waals surface area contributed by atoms with Crippen molar-refractivity contribution in [1.29, 1.82) is 0 Å². The van der Waals surface area contributed by atoms with Crippen LogP contribution in [0.5, 0.6) is 0 Å². The van der Waals surface area contributed by atoms with Crippen LogP contribution in [0.1, 0.15) is 5.56 Å². The Bertz CT molecular complexity index is 611. The Kier molecular flexibility index (Phi) is 1.93. The minimum atomic E-state index is -0.774. The third-order valence-electron chi connectivity index (χ3n) is 1.93. The Balaban J connectivity index is 3.10. The van der Waals surface area contributed by atoms with Crippen molar-refractivity contribution in [1.82, 2.24) is 4.98 Å². The normalized spacial score (nSPS) is 10.7. The van der Waals surface area contributed by atoms with Crippen molar-refractivity contribution in [3.63, 3.8) is 0 Å². The predicted octanol–water partition coefficient (Wildman–Crippen LogP) is 1.44. The van der Waals surface area contributed by atoms with E-state index in [1.54, 1.807) is 13.0 Å². The lowest BCUT2D eigenvalue weighted by atomic mass is 10.1. The second kappa shape index (κ2) is 2.99. The standard InChI is InChI=1S/C9H6ClNO3/c1-4-2-5(10)3-6-7(4)8(12)14-9(13)11-6/h2-3H,1H3,(H,11,13). The number of H-pyrrole nitrogens is 1. The molecule has 0 saturated heterocycles. The van der Waals surface area contributed by atoms with Gasteiger partial charge in [0.05, 0.1) is 10.9 Å². The molecule has 0 aliphatic heterocycles. The summed E-state index contributed by atoms with van der Waals surface area (Å²) in [6.45, 7) is 1.73. The smallest absolute Gasteiger partial charge is 0.372 e. The molecule has 0 spiro atoms. The third kappa shape index (κ3) is 1.33. The van der Waals surface area contributed by atoms with Gasteiger partial charge in [-0.2, -0.15) is 0 Å². The van der Waals surface area contributed by atoms with Gasteiger partial charge in [0, 0.05) is 5.02 Å².